The minimum Gasteiger partial charge on any atom is -0.329 e. The third-order valence-electron chi connectivity index (χ3n) is 4.12. The minimum atomic E-state index is -4.79. The molecule has 1 fully saturated rings. The first kappa shape index (κ1) is 18.2. The summed E-state index contributed by atoms with van der Waals surface area (Å²) in [5, 5.41) is 0. The highest BCUT2D eigenvalue weighted by Crippen LogP contribution is 2.28. The van der Waals surface area contributed by atoms with Gasteiger partial charge < -0.3 is 5.73 Å². The number of rotatable bonds is 5. The zero-order valence-corrected chi connectivity index (χ0v) is 13.1. The van der Waals surface area contributed by atoms with Gasteiger partial charge in [-0.1, -0.05) is 19.3 Å². The summed E-state index contributed by atoms with van der Waals surface area (Å²) in [6.07, 6.45) is 4.29. The summed E-state index contributed by atoms with van der Waals surface area (Å²) in [5.74, 6) is -7.52. The Bertz CT molecular complexity index is 650. The predicted molar refractivity (Wildman–Crippen MR) is 76.0 cm³/mol. The lowest BCUT2D eigenvalue weighted by Crippen LogP contribution is -2.46. The lowest BCUT2D eigenvalue weighted by molar-refractivity contribution is 0.293. The van der Waals surface area contributed by atoms with Gasteiger partial charge >= 0.3 is 0 Å². The van der Waals surface area contributed by atoms with E-state index in [1.165, 1.54) is 0 Å². The molecule has 1 aliphatic carbocycles. The minimum absolute atomic E-state index is 0.0365. The normalized spacial score (nSPS) is 18.1. The van der Waals surface area contributed by atoms with E-state index in [0.29, 0.717) is 0 Å². The van der Waals surface area contributed by atoms with Crippen LogP contribution >= 0.6 is 0 Å². The van der Waals surface area contributed by atoms with E-state index >= 15 is 0 Å². The fourth-order valence-electron chi connectivity index (χ4n) is 2.92. The lowest BCUT2D eigenvalue weighted by atomic mass is 9.84. The Morgan fingerprint density at radius 1 is 1.09 bits per heavy atom. The van der Waals surface area contributed by atoms with Crippen molar-refractivity contribution in [2.45, 2.75) is 43.0 Å². The van der Waals surface area contributed by atoms with Gasteiger partial charge in [0.15, 0.2) is 28.2 Å². The molecule has 2 rings (SSSR count). The number of hydrogen-bond donors (Lipinski definition) is 2. The number of benzene rings is 1. The number of hydrogen-bond acceptors (Lipinski definition) is 3. The van der Waals surface area contributed by atoms with Crippen LogP contribution in [0.4, 0.5) is 17.6 Å². The second-order valence-corrected chi connectivity index (χ2v) is 7.31. The summed E-state index contributed by atoms with van der Waals surface area (Å²) in [7, 11) is -4.79. The molecule has 1 aromatic carbocycles. The van der Waals surface area contributed by atoms with Crippen molar-refractivity contribution in [2.75, 3.05) is 6.54 Å². The predicted octanol–water partition coefficient (Wildman–Crippen LogP) is 2.43. The Morgan fingerprint density at radius 3 is 2.09 bits per heavy atom. The van der Waals surface area contributed by atoms with E-state index in [-0.39, 0.29) is 18.5 Å². The molecule has 0 aliphatic heterocycles. The quantitative estimate of drug-likeness (QED) is 0.630. The molecule has 23 heavy (non-hydrogen) atoms. The number of nitrogens with one attached hydrogen (secondary N) is 1. The maximum absolute atomic E-state index is 13.7. The van der Waals surface area contributed by atoms with Crippen LogP contribution in [0.2, 0.25) is 0 Å². The van der Waals surface area contributed by atoms with E-state index in [9.17, 15) is 26.0 Å². The van der Waals surface area contributed by atoms with Crippen molar-refractivity contribution in [3.63, 3.8) is 0 Å². The monoisotopic (exact) mass is 354 g/mol. The highest BCUT2D eigenvalue weighted by molar-refractivity contribution is 7.89. The van der Waals surface area contributed by atoms with Gasteiger partial charge in [0.1, 0.15) is 0 Å². The summed E-state index contributed by atoms with van der Waals surface area (Å²) in [6.45, 7) is -0.0784. The van der Waals surface area contributed by atoms with Crippen molar-refractivity contribution in [3.05, 3.63) is 29.3 Å². The van der Waals surface area contributed by atoms with Crippen LogP contribution < -0.4 is 10.5 Å². The van der Waals surface area contributed by atoms with E-state index in [1.807, 2.05) is 0 Å². The molecule has 0 spiro atoms. The summed E-state index contributed by atoms with van der Waals surface area (Å²) in [6, 6.07) is -0.781. The molecule has 1 atom stereocenters. The molecule has 1 aromatic rings. The van der Waals surface area contributed by atoms with Gasteiger partial charge in [-0.05, 0) is 18.8 Å². The first-order chi connectivity index (χ1) is 10.8. The topological polar surface area (TPSA) is 72.2 Å². The Labute approximate surface area is 132 Å². The third kappa shape index (κ3) is 3.84. The molecule has 1 saturated carbocycles. The molecular weight excluding hydrogens is 336 g/mol. The Balaban J connectivity index is 2.34. The van der Waals surface area contributed by atoms with Crippen LogP contribution in [0.3, 0.4) is 0 Å². The van der Waals surface area contributed by atoms with Crippen LogP contribution in [0.25, 0.3) is 0 Å². The first-order valence-electron chi connectivity index (χ1n) is 7.33. The zero-order chi connectivity index (χ0) is 17.2. The Morgan fingerprint density at radius 2 is 1.61 bits per heavy atom. The van der Waals surface area contributed by atoms with Crippen LogP contribution in [0.15, 0.2) is 11.0 Å². The highest BCUT2D eigenvalue weighted by atomic mass is 32.2. The largest absolute Gasteiger partial charge is 0.329 e. The van der Waals surface area contributed by atoms with E-state index in [1.54, 1.807) is 0 Å². The zero-order valence-electron chi connectivity index (χ0n) is 12.3. The van der Waals surface area contributed by atoms with Crippen molar-refractivity contribution < 1.29 is 26.0 Å². The molecule has 3 N–H and O–H groups in total. The standard InChI is InChI=1S/C14H18F4N2O2S/c15-9-6-10(16)13(18)14(12(9)17)23(21,22)20-11(7-19)8-4-2-1-3-5-8/h6,8,11,20H,1-5,7,19H2. The van der Waals surface area contributed by atoms with E-state index < -0.39 is 44.2 Å². The Hall–Kier alpha value is -1.19. The van der Waals surface area contributed by atoms with Gasteiger partial charge in [-0.3, -0.25) is 0 Å². The van der Waals surface area contributed by atoms with Gasteiger partial charge in [-0.15, -0.1) is 0 Å². The molecule has 130 valence electrons. The Kier molecular flexibility index (Phi) is 5.64. The summed E-state index contributed by atoms with van der Waals surface area (Å²) >= 11 is 0. The SMILES string of the molecule is NCC(NS(=O)(=O)c1c(F)c(F)cc(F)c1F)C1CCCCC1. The second-order valence-electron chi connectivity index (χ2n) is 5.66. The average Bonchev–Trinajstić information content (AvgIpc) is 2.51. The molecule has 9 heteroatoms. The van der Waals surface area contributed by atoms with Gasteiger partial charge in [0.05, 0.1) is 0 Å². The number of sulfonamides is 1. The van der Waals surface area contributed by atoms with Crippen LogP contribution in [0, 0.1) is 29.2 Å². The van der Waals surface area contributed by atoms with Gasteiger partial charge in [0.2, 0.25) is 10.0 Å². The van der Waals surface area contributed by atoms with Gasteiger partial charge in [0.25, 0.3) is 0 Å². The van der Waals surface area contributed by atoms with E-state index in [4.69, 9.17) is 5.73 Å². The fourth-order valence-corrected chi connectivity index (χ4v) is 4.39. The molecule has 0 radical (unpaired) electrons. The molecule has 0 heterocycles. The molecule has 4 nitrogen and oxygen atoms in total. The number of halogens is 4. The molecule has 0 amide bonds. The molecule has 0 aromatic heterocycles. The van der Waals surface area contributed by atoms with Crippen LogP contribution in [-0.4, -0.2) is 21.0 Å². The number of nitrogens with two attached hydrogens (primary N) is 1. The molecule has 0 bridgehead atoms. The smallest absolute Gasteiger partial charge is 0.246 e. The second kappa shape index (κ2) is 7.14. The average molecular weight is 354 g/mol. The van der Waals surface area contributed by atoms with Gasteiger partial charge in [-0.2, -0.15) is 0 Å². The molecule has 0 saturated heterocycles. The fraction of sp³-hybridized carbons (Fsp3) is 0.571. The van der Waals surface area contributed by atoms with Crippen LogP contribution in [0.5, 0.6) is 0 Å². The lowest BCUT2D eigenvalue weighted by Gasteiger charge is -2.29. The van der Waals surface area contributed by atoms with Gasteiger partial charge in [0, 0.05) is 18.7 Å². The first-order valence-corrected chi connectivity index (χ1v) is 8.81. The summed E-state index contributed by atoms with van der Waals surface area (Å²) in [4.78, 5) is -1.65. The van der Waals surface area contributed by atoms with Crippen molar-refractivity contribution >= 4 is 10.0 Å². The molecular formula is C14H18F4N2O2S. The van der Waals surface area contributed by atoms with E-state index in [0.717, 1.165) is 32.1 Å². The van der Waals surface area contributed by atoms with Crippen LogP contribution in [0.1, 0.15) is 32.1 Å². The van der Waals surface area contributed by atoms with E-state index in [2.05, 4.69) is 4.72 Å². The van der Waals surface area contributed by atoms with Crippen molar-refractivity contribution in [3.8, 4) is 0 Å². The maximum atomic E-state index is 13.7. The van der Waals surface area contributed by atoms with Crippen molar-refractivity contribution in [1.82, 2.24) is 4.72 Å². The molecule has 1 aliphatic rings. The summed E-state index contributed by atoms with van der Waals surface area (Å²) < 4.78 is 80.4. The molecule has 1 unspecified atom stereocenters. The van der Waals surface area contributed by atoms with Crippen LogP contribution in [-0.2, 0) is 10.0 Å². The maximum Gasteiger partial charge on any atom is 0.246 e. The van der Waals surface area contributed by atoms with Gasteiger partial charge in [-0.25, -0.2) is 30.7 Å². The summed E-state index contributed by atoms with van der Waals surface area (Å²) in [5.41, 5.74) is 5.56. The van der Waals surface area contributed by atoms with Crippen molar-refractivity contribution in [2.24, 2.45) is 11.7 Å². The van der Waals surface area contributed by atoms with Crippen molar-refractivity contribution in [1.29, 1.82) is 0 Å². The highest BCUT2D eigenvalue weighted by Gasteiger charge is 2.33. The third-order valence-corrected chi connectivity index (χ3v) is 5.63.